The van der Waals surface area contributed by atoms with Crippen molar-refractivity contribution < 1.29 is 28.2 Å². The Morgan fingerprint density at radius 1 is 1.39 bits per heavy atom. The fourth-order valence-electron chi connectivity index (χ4n) is 2.08. The Labute approximate surface area is 131 Å². The minimum absolute atomic E-state index is 0.00386. The van der Waals surface area contributed by atoms with Gasteiger partial charge in [0.2, 0.25) is 5.91 Å². The first-order chi connectivity index (χ1) is 11.0. The van der Waals surface area contributed by atoms with E-state index < -0.39 is 23.7 Å². The fourth-order valence-corrected chi connectivity index (χ4v) is 2.08. The molecule has 2 aromatic rings. The molecule has 1 amide bonds. The molecule has 1 atom stereocenters. The lowest BCUT2D eigenvalue weighted by atomic mass is 10.1. The van der Waals surface area contributed by atoms with Gasteiger partial charge in [-0.05, 0) is 35.7 Å². The first kappa shape index (κ1) is 16.5. The van der Waals surface area contributed by atoms with Gasteiger partial charge in [-0.3, -0.25) is 4.79 Å². The summed E-state index contributed by atoms with van der Waals surface area (Å²) in [6.07, 6.45) is 3.53. The maximum Gasteiger partial charge on any atom is 0.330 e. The number of ether oxygens (including phenoxy) is 1. The van der Waals surface area contributed by atoms with Gasteiger partial charge in [0.15, 0.2) is 17.6 Å². The van der Waals surface area contributed by atoms with E-state index in [0.29, 0.717) is 6.42 Å². The molecular formula is C16H16FNO5. The summed E-state index contributed by atoms with van der Waals surface area (Å²) in [5, 5.41) is 11.6. The fraction of sp³-hybridized carbons (Fsp3) is 0.250. The van der Waals surface area contributed by atoms with Crippen LogP contribution in [0.1, 0.15) is 23.6 Å². The van der Waals surface area contributed by atoms with E-state index in [1.165, 1.54) is 31.8 Å². The van der Waals surface area contributed by atoms with Gasteiger partial charge in [0.25, 0.3) is 0 Å². The predicted octanol–water partition coefficient (Wildman–Crippen LogP) is 2.30. The summed E-state index contributed by atoms with van der Waals surface area (Å²) in [5.74, 6) is -2.41. The molecule has 0 saturated carbocycles. The van der Waals surface area contributed by atoms with Crippen LogP contribution in [0.2, 0.25) is 0 Å². The number of aryl methyl sites for hydroxylation is 1. The Hall–Kier alpha value is -2.83. The van der Waals surface area contributed by atoms with Crippen LogP contribution in [-0.4, -0.2) is 24.1 Å². The van der Waals surface area contributed by atoms with E-state index in [1.54, 1.807) is 6.07 Å². The van der Waals surface area contributed by atoms with Crippen LogP contribution in [0.4, 0.5) is 4.39 Å². The molecule has 23 heavy (non-hydrogen) atoms. The lowest BCUT2D eigenvalue weighted by molar-refractivity contribution is -0.142. The number of methoxy groups -OCH3 is 1. The van der Waals surface area contributed by atoms with Crippen LogP contribution in [0, 0.1) is 5.82 Å². The third-order valence-corrected chi connectivity index (χ3v) is 3.28. The summed E-state index contributed by atoms with van der Waals surface area (Å²) in [7, 11) is 1.31. The number of aliphatic carboxylic acids is 1. The third-order valence-electron chi connectivity index (χ3n) is 3.28. The number of benzene rings is 1. The molecule has 2 rings (SSSR count). The van der Waals surface area contributed by atoms with Gasteiger partial charge in [0.1, 0.15) is 0 Å². The van der Waals surface area contributed by atoms with Crippen molar-refractivity contribution in [2.45, 2.75) is 18.9 Å². The van der Waals surface area contributed by atoms with Crippen LogP contribution in [0.5, 0.6) is 5.75 Å². The van der Waals surface area contributed by atoms with Gasteiger partial charge in [-0.25, -0.2) is 9.18 Å². The molecule has 0 spiro atoms. The number of nitrogens with one attached hydrogen (secondary N) is 1. The maximum atomic E-state index is 13.7. The molecule has 0 bridgehead atoms. The first-order valence-electron chi connectivity index (χ1n) is 6.88. The number of carboxylic acids is 1. The molecule has 0 aliphatic heterocycles. The van der Waals surface area contributed by atoms with E-state index >= 15 is 0 Å². The Morgan fingerprint density at radius 3 is 2.74 bits per heavy atom. The highest BCUT2D eigenvalue weighted by Gasteiger charge is 2.23. The summed E-state index contributed by atoms with van der Waals surface area (Å²) in [5.41, 5.74) is 0.968. The van der Waals surface area contributed by atoms with Crippen molar-refractivity contribution in [1.29, 1.82) is 0 Å². The molecule has 2 N–H and O–H groups in total. The molecule has 0 aliphatic rings. The van der Waals surface area contributed by atoms with E-state index in [9.17, 15) is 19.1 Å². The van der Waals surface area contributed by atoms with Crippen molar-refractivity contribution in [3.63, 3.8) is 0 Å². The zero-order chi connectivity index (χ0) is 16.8. The second-order valence-corrected chi connectivity index (χ2v) is 4.86. The number of carbonyl (C=O) groups is 2. The highest BCUT2D eigenvalue weighted by Crippen LogP contribution is 2.22. The number of rotatable bonds is 7. The highest BCUT2D eigenvalue weighted by atomic mass is 19.1. The molecule has 1 aromatic carbocycles. The number of halogens is 1. The Kier molecular flexibility index (Phi) is 5.35. The number of amides is 1. The Bertz CT molecular complexity index is 684. The largest absolute Gasteiger partial charge is 0.494 e. The number of carboxylic acid groups (broad SMARTS) is 1. The molecule has 1 unspecified atom stereocenters. The summed E-state index contributed by atoms with van der Waals surface area (Å²) >= 11 is 0. The maximum absolute atomic E-state index is 13.7. The third kappa shape index (κ3) is 4.32. The number of hydrogen-bond donors (Lipinski definition) is 2. The first-order valence-corrected chi connectivity index (χ1v) is 6.88. The van der Waals surface area contributed by atoms with E-state index in [1.807, 2.05) is 0 Å². The van der Waals surface area contributed by atoms with Crippen molar-refractivity contribution in [2.24, 2.45) is 0 Å². The van der Waals surface area contributed by atoms with Crippen LogP contribution >= 0.6 is 0 Å². The smallest absolute Gasteiger partial charge is 0.330 e. The van der Waals surface area contributed by atoms with E-state index in [2.05, 4.69) is 5.32 Å². The number of carbonyl (C=O) groups excluding carboxylic acids is 1. The number of hydrogen-bond acceptors (Lipinski definition) is 4. The SMILES string of the molecule is COc1ccc(C(NC(=O)CCc2ccoc2)C(=O)O)cc1F. The standard InChI is InChI=1S/C16H16FNO5/c1-22-13-4-3-11(8-12(13)17)15(16(20)21)18-14(19)5-2-10-6-7-23-9-10/h3-4,6-9,15H,2,5H2,1H3,(H,18,19)(H,20,21). The monoisotopic (exact) mass is 321 g/mol. The van der Waals surface area contributed by atoms with E-state index in [-0.39, 0.29) is 17.7 Å². The quantitative estimate of drug-likeness (QED) is 0.817. The van der Waals surface area contributed by atoms with Gasteiger partial charge in [0, 0.05) is 6.42 Å². The predicted molar refractivity (Wildman–Crippen MR) is 78.5 cm³/mol. The van der Waals surface area contributed by atoms with Gasteiger partial charge in [-0.1, -0.05) is 6.07 Å². The molecule has 6 nitrogen and oxygen atoms in total. The van der Waals surface area contributed by atoms with Gasteiger partial charge < -0.3 is 19.6 Å². The summed E-state index contributed by atoms with van der Waals surface area (Å²) < 4.78 is 23.4. The molecule has 1 heterocycles. The molecule has 0 saturated heterocycles. The lowest BCUT2D eigenvalue weighted by Crippen LogP contribution is -2.33. The van der Waals surface area contributed by atoms with Crippen LogP contribution in [-0.2, 0) is 16.0 Å². The molecule has 0 radical (unpaired) electrons. The van der Waals surface area contributed by atoms with Crippen molar-refractivity contribution in [1.82, 2.24) is 5.32 Å². The topological polar surface area (TPSA) is 88.8 Å². The zero-order valence-electron chi connectivity index (χ0n) is 12.4. The Morgan fingerprint density at radius 2 is 2.17 bits per heavy atom. The summed E-state index contributed by atoms with van der Waals surface area (Å²) in [6, 6.07) is 4.15. The summed E-state index contributed by atoms with van der Waals surface area (Å²) in [6.45, 7) is 0. The van der Waals surface area contributed by atoms with Crippen molar-refractivity contribution in [3.05, 3.63) is 53.7 Å². The molecule has 1 aromatic heterocycles. The summed E-state index contributed by atoms with van der Waals surface area (Å²) in [4.78, 5) is 23.3. The van der Waals surface area contributed by atoms with Crippen LogP contribution in [0.15, 0.2) is 41.2 Å². The molecule has 7 heteroatoms. The Balaban J connectivity index is 2.04. The molecule has 0 aliphatic carbocycles. The van der Waals surface area contributed by atoms with Crippen molar-refractivity contribution in [2.75, 3.05) is 7.11 Å². The van der Waals surface area contributed by atoms with E-state index in [4.69, 9.17) is 9.15 Å². The van der Waals surface area contributed by atoms with Gasteiger partial charge in [-0.15, -0.1) is 0 Å². The van der Waals surface area contributed by atoms with Crippen LogP contribution in [0.25, 0.3) is 0 Å². The molecular weight excluding hydrogens is 305 g/mol. The lowest BCUT2D eigenvalue weighted by Gasteiger charge is -2.15. The normalized spacial score (nSPS) is 11.7. The minimum atomic E-state index is -1.33. The van der Waals surface area contributed by atoms with Crippen molar-refractivity contribution in [3.8, 4) is 5.75 Å². The van der Waals surface area contributed by atoms with Gasteiger partial charge in [-0.2, -0.15) is 0 Å². The average molecular weight is 321 g/mol. The highest BCUT2D eigenvalue weighted by molar-refractivity contribution is 5.84. The van der Waals surface area contributed by atoms with Gasteiger partial charge in [0.05, 0.1) is 19.6 Å². The number of furan rings is 1. The van der Waals surface area contributed by atoms with Gasteiger partial charge >= 0.3 is 5.97 Å². The van der Waals surface area contributed by atoms with Crippen LogP contribution < -0.4 is 10.1 Å². The molecule has 0 fully saturated rings. The zero-order valence-corrected chi connectivity index (χ0v) is 12.4. The average Bonchev–Trinajstić information content (AvgIpc) is 3.03. The minimum Gasteiger partial charge on any atom is -0.494 e. The second kappa shape index (κ2) is 7.44. The van der Waals surface area contributed by atoms with Crippen molar-refractivity contribution >= 4 is 11.9 Å². The molecule has 122 valence electrons. The second-order valence-electron chi connectivity index (χ2n) is 4.86. The van der Waals surface area contributed by atoms with E-state index in [0.717, 1.165) is 11.6 Å². The van der Waals surface area contributed by atoms with Crippen LogP contribution in [0.3, 0.4) is 0 Å².